The summed E-state index contributed by atoms with van der Waals surface area (Å²) >= 11 is 5.65. The second-order valence-electron chi connectivity index (χ2n) is 8.71. The summed E-state index contributed by atoms with van der Waals surface area (Å²) in [6.45, 7) is 13.8. The van der Waals surface area contributed by atoms with Gasteiger partial charge >= 0.3 is 0 Å². The van der Waals surface area contributed by atoms with Crippen LogP contribution in [-0.2, 0) is 14.3 Å². The van der Waals surface area contributed by atoms with E-state index in [9.17, 15) is 4.79 Å². The fourth-order valence-electron chi connectivity index (χ4n) is 3.68. The molecule has 0 aromatic rings. The molecule has 0 saturated heterocycles. The molecule has 5 heteroatoms. The smallest absolute Gasteiger partial charge is 0.246 e. The normalized spacial score (nSPS) is 13.2. The highest BCUT2D eigenvalue weighted by molar-refractivity contribution is 6.17. The van der Waals surface area contributed by atoms with Gasteiger partial charge in [0.15, 0.2) is 0 Å². The Morgan fingerprint density at radius 2 is 1.57 bits per heavy atom. The largest absolute Gasteiger partial charge is 0.379 e. The van der Waals surface area contributed by atoms with Gasteiger partial charge in [0.05, 0.1) is 19.8 Å². The topological polar surface area (TPSA) is 47.6 Å². The lowest BCUT2D eigenvalue weighted by Gasteiger charge is -2.30. The first kappa shape index (κ1) is 29.4. The van der Waals surface area contributed by atoms with E-state index < -0.39 is 0 Å². The van der Waals surface area contributed by atoms with E-state index in [2.05, 4.69) is 32.7 Å². The molecular formula is C25H48ClNO3. The molecule has 0 heterocycles. The van der Waals surface area contributed by atoms with Crippen molar-refractivity contribution in [3.63, 3.8) is 0 Å². The molecule has 0 aromatic heterocycles. The van der Waals surface area contributed by atoms with Gasteiger partial charge in [-0.15, -0.1) is 11.6 Å². The van der Waals surface area contributed by atoms with Crippen LogP contribution in [0.3, 0.4) is 0 Å². The van der Waals surface area contributed by atoms with E-state index in [0.717, 1.165) is 38.2 Å². The third-order valence-corrected chi connectivity index (χ3v) is 5.93. The molecule has 0 spiro atoms. The maximum Gasteiger partial charge on any atom is 0.246 e. The number of hydrogen-bond acceptors (Lipinski definition) is 3. The molecule has 1 amide bonds. The molecule has 1 unspecified atom stereocenters. The molecule has 0 saturated carbocycles. The molecule has 0 bridgehead atoms. The molecule has 0 aliphatic rings. The van der Waals surface area contributed by atoms with Crippen LogP contribution in [0.1, 0.15) is 97.8 Å². The van der Waals surface area contributed by atoms with Crippen LogP contribution in [0.5, 0.6) is 0 Å². The fraction of sp³-hybridized carbons (Fsp3) is 0.880. The first-order valence-corrected chi connectivity index (χ1v) is 12.7. The maximum atomic E-state index is 12.3. The molecule has 0 aliphatic carbocycles. The van der Waals surface area contributed by atoms with Crippen molar-refractivity contribution in [1.29, 1.82) is 0 Å². The minimum atomic E-state index is -0.0424. The number of halogens is 1. The summed E-state index contributed by atoms with van der Waals surface area (Å²) in [5, 5.41) is 2.92. The summed E-state index contributed by atoms with van der Waals surface area (Å²) in [6.07, 6.45) is 13.8. The van der Waals surface area contributed by atoms with Crippen molar-refractivity contribution < 1.29 is 14.3 Å². The van der Waals surface area contributed by atoms with Crippen LogP contribution in [0, 0.1) is 5.41 Å². The highest BCUT2D eigenvalue weighted by Crippen LogP contribution is 2.36. The number of alkyl halides is 1. The lowest BCUT2D eigenvalue weighted by Crippen LogP contribution is -2.29. The average molecular weight is 446 g/mol. The third kappa shape index (κ3) is 17.1. The van der Waals surface area contributed by atoms with E-state index >= 15 is 0 Å². The number of unbranched alkanes of at least 4 members (excludes halogenated alkanes) is 5. The SMILES string of the molecule is C=C(CCC(C)(CCC)CCCCC)C(=O)NCCOCCOCCCCCCCl. The van der Waals surface area contributed by atoms with Crippen LogP contribution >= 0.6 is 11.6 Å². The van der Waals surface area contributed by atoms with Gasteiger partial charge in [-0.05, 0) is 43.9 Å². The van der Waals surface area contributed by atoms with Crippen molar-refractivity contribution in [3.05, 3.63) is 12.2 Å². The predicted molar refractivity (Wildman–Crippen MR) is 129 cm³/mol. The van der Waals surface area contributed by atoms with Crippen LogP contribution in [-0.4, -0.2) is 44.8 Å². The number of nitrogens with one attached hydrogen (secondary N) is 1. The van der Waals surface area contributed by atoms with Gasteiger partial charge in [-0.3, -0.25) is 4.79 Å². The third-order valence-electron chi connectivity index (χ3n) is 5.67. The monoisotopic (exact) mass is 445 g/mol. The Morgan fingerprint density at radius 3 is 2.23 bits per heavy atom. The van der Waals surface area contributed by atoms with Crippen LogP contribution in [0.4, 0.5) is 0 Å². The highest BCUT2D eigenvalue weighted by Gasteiger charge is 2.23. The molecule has 1 N–H and O–H groups in total. The van der Waals surface area contributed by atoms with Crippen molar-refractivity contribution in [3.8, 4) is 0 Å². The molecule has 0 rings (SSSR count). The van der Waals surface area contributed by atoms with Crippen molar-refractivity contribution in [1.82, 2.24) is 5.32 Å². The molecule has 4 nitrogen and oxygen atoms in total. The number of carbonyl (C=O) groups is 1. The minimum Gasteiger partial charge on any atom is -0.379 e. The predicted octanol–water partition coefficient (Wildman–Crippen LogP) is 6.66. The number of rotatable bonds is 22. The second-order valence-corrected chi connectivity index (χ2v) is 9.08. The quantitative estimate of drug-likeness (QED) is 0.115. The van der Waals surface area contributed by atoms with E-state index in [1.807, 2.05) is 0 Å². The van der Waals surface area contributed by atoms with E-state index in [1.54, 1.807) is 0 Å². The molecule has 1 atom stereocenters. The van der Waals surface area contributed by atoms with E-state index in [0.29, 0.717) is 37.4 Å². The summed E-state index contributed by atoms with van der Waals surface area (Å²) in [5.74, 6) is 0.703. The van der Waals surface area contributed by atoms with Gasteiger partial charge in [-0.2, -0.15) is 0 Å². The van der Waals surface area contributed by atoms with Crippen LogP contribution in [0.2, 0.25) is 0 Å². The van der Waals surface area contributed by atoms with Crippen LogP contribution < -0.4 is 5.32 Å². The van der Waals surface area contributed by atoms with Gasteiger partial charge in [0.25, 0.3) is 0 Å². The Hall–Kier alpha value is -0.580. The van der Waals surface area contributed by atoms with Crippen molar-refractivity contribution >= 4 is 17.5 Å². The summed E-state index contributed by atoms with van der Waals surface area (Å²) < 4.78 is 11.1. The van der Waals surface area contributed by atoms with Crippen LogP contribution in [0.15, 0.2) is 12.2 Å². The lowest BCUT2D eigenvalue weighted by atomic mass is 9.76. The molecule has 30 heavy (non-hydrogen) atoms. The molecule has 0 aliphatic heterocycles. The van der Waals surface area contributed by atoms with Gasteiger partial charge in [-0.25, -0.2) is 0 Å². The minimum absolute atomic E-state index is 0.0424. The molecule has 0 aromatic carbocycles. The first-order valence-electron chi connectivity index (χ1n) is 12.2. The Bertz CT molecular complexity index is 431. The molecule has 0 fully saturated rings. The zero-order chi connectivity index (χ0) is 22.5. The first-order chi connectivity index (χ1) is 14.5. The van der Waals surface area contributed by atoms with Crippen molar-refractivity contribution in [2.75, 3.05) is 38.9 Å². The maximum absolute atomic E-state index is 12.3. The van der Waals surface area contributed by atoms with Gasteiger partial charge in [-0.1, -0.05) is 65.9 Å². The van der Waals surface area contributed by atoms with E-state index in [1.165, 1.54) is 51.4 Å². The van der Waals surface area contributed by atoms with E-state index in [4.69, 9.17) is 21.1 Å². The Kier molecular flexibility index (Phi) is 19.9. The number of ether oxygens (including phenoxy) is 2. The van der Waals surface area contributed by atoms with Crippen LogP contribution in [0.25, 0.3) is 0 Å². The number of amides is 1. The highest BCUT2D eigenvalue weighted by atomic mass is 35.5. The van der Waals surface area contributed by atoms with Gasteiger partial charge in [0, 0.05) is 24.6 Å². The van der Waals surface area contributed by atoms with Gasteiger partial charge < -0.3 is 14.8 Å². The molecular weight excluding hydrogens is 398 g/mol. The Morgan fingerprint density at radius 1 is 0.867 bits per heavy atom. The second kappa shape index (κ2) is 20.3. The molecule has 0 radical (unpaired) electrons. The number of hydrogen-bond donors (Lipinski definition) is 1. The number of carbonyl (C=O) groups excluding carboxylic acids is 1. The average Bonchev–Trinajstić information content (AvgIpc) is 2.73. The summed E-state index contributed by atoms with van der Waals surface area (Å²) in [4.78, 5) is 12.3. The van der Waals surface area contributed by atoms with E-state index in [-0.39, 0.29) is 5.91 Å². The van der Waals surface area contributed by atoms with Crippen molar-refractivity contribution in [2.45, 2.75) is 97.8 Å². The standard InChI is InChI=1S/C25H48ClNO3/c1-5-7-10-15-25(4,14-6-2)16-13-23(3)24(28)27-18-20-30-22-21-29-19-12-9-8-11-17-26/h3,5-22H2,1-2,4H3,(H,27,28). The summed E-state index contributed by atoms with van der Waals surface area (Å²) in [5.41, 5.74) is 1.01. The Labute approximate surface area is 191 Å². The van der Waals surface area contributed by atoms with Crippen molar-refractivity contribution in [2.24, 2.45) is 5.41 Å². The van der Waals surface area contributed by atoms with Gasteiger partial charge in [0.1, 0.15) is 0 Å². The fourth-order valence-corrected chi connectivity index (χ4v) is 3.87. The zero-order valence-corrected chi connectivity index (χ0v) is 20.8. The lowest BCUT2D eigenvalue weighted by molar-refractivity contribution is -0.117. The Balaban J connectivity index is 3.76. The summed E-state index contributed by atoms with van der Waals surface area (Å²) in [7, 11) is 0. The van der Waals surface area contributed by atoms with Gasteiger partial charge in [0.2, 0.25) is 5.91 Å². The summed E-state index contributed by atoms with van der Waals surface area (Å²) in [6, 6.07) is 0. The zero-order valence-electron chi connectivity index (χ0n) is 20.0. The molecule has 178 valence electrons.